The van der Waals surface area contributed by atoms with E-state index < -0.39 is 11.7 Å². The Hall–Kier alpha value is -1.49. The van der Waals surface area contributed by atoms with Gasteiger partial charge in [0.25, 0.3) is 0 Å². The number of H-pyrrole nitrogens is 1. The summed E-state index contributed by atoms with van der Waals surface area (Å²) in [6.45, 7) is 2.35. The van der Waals surface area contributed by atoms with Crippen LogP contribution in [-0.4, -0.2) is 11.6 Å². The third kappa shape index (κ3) is 1.98. The molecule has 5 heteroatoms. The van der Waals surface area contributed by atoms with E-state index in [0.29, 0.717) is 29.8 Å². The number of alkyl halides is 3. The lowest BCUT2D eigenvalue weighted by molar-refractivity contribution is -0.136. The maximum Gasteiger partial charge on any atom is 0.417 e. The second-order valence-corrected chi connectivity index (χ2v) is 6.07. The number of hydrogen-bond donors (Lipinski definition) is 1. The summed E-state index contributed by atoms with van der Waals surface area (Å²) in [5.74, 6) is 0.465. The number of halogens is 3. The predicted molar refractivity (Wildman–Crippen MR) is 73.2 cm³/mol. The number of nitrogens with one attached hydrogen (secondary N) is 1. The zero-order valence-corrected chi connectivity index (χ0v) is 11.7. The van der Waals surface area contributed by atoms with E-state index >= 15 is 0 Å². The van der Waals surface area contributed by atoms with Crippen molar-refractivity contribution in [2.75, 3.05) is 6.61 Å². The van der Waals surface area contributed by atoms with E-state index in [-0.39, 0.29) is 6.10 Å². The van der Waals surface area contributed by atoms with Gasteiger partial charge in [0.15, 0.2) is 0 Å². The highest BCUT2D eigenvalue weighted by Crippen LogP contribution is 2.48. The molecule has 0 bridgehead atoms. The monoisotopic (exact) mass is 295 g/mol. The number of ether oxygens (including phenoxy) is 1. The van der Waals surface area contributed by atoms with Crippen LogP contribution in [0.2, 0.25) is 0 Å². The average molecular weight is 295 g/mol. The number of fused-ring (bicyclic) bond motifs is 3. The minimum atomic E-state index is -4.32. The Labute approximate surface area is 120 Å². The van der Waals surface area contributed by atoms with Crippen molar-refractivity contribution < 1.29 is 17.9 Å². The molecule has 1 aromatic heterocycles. The lowest BCUT2D eigenvalue weighted by Crippen LogP contribution is -2.17. The molecular formula is C16H16F3NO. The van der Waals surface area contributed by atoms with Crippen LogP contribution in [0.4, 0.5) is 13.2 Å². The molecule has 1 aliphatic carbocycles. The standard InChI is InChI=1S/C16H16F3NO/c1-8-2-5-11(16(17,18)19)12-10-6-7-21-15(9-3-4-9)14(10)20-13(8)12/h2,5,9,15,20H,3-4,6-7H2,1H3. The van der Waals surface area contributed by atoms with Crippen LogP contribution in [0.3, 0.4) is 0 Å². The Balaban J connectivity index is 2.00. The summed E-state index contributed by atoms with van der Waals surface area (Å²) in [5.41, 5.74) is 2.62. The highest BCUT2D eigenvalue weighted by molar-refractivity contribution is 5.91. The molecule has 2 aromatic rings. The summed E-state index contributed by atoms with van der Waals surface area (Å²) in [7, 11) is 0. The van der Waals surface area contributed by atoms with Crippen molar-refractivity contribution >= 4 is 10.9 Å². The number of rotatable bonds is 1. The second kappa shape index (κ2) is 4.26. The van der Waals surface area contributed by atoms with Gasteiger partial charge >= 0.3 is 6.18 Å². The summed E-state index contributed by atoms with van der Waals surface area (Å²) in [6, 6.07) is 2.74. The zero-order valence-electron chi connectivity index (χ0n) is 11.7. The SMILES string of the molecule is Cc1ccc(C(F)(F)F)c2c3c([nH]c12)C(C1CC1)OCC3. The molecule has 1 atom stereocenters. The van der Waals surface area contributed by atoms with Crippen molar-refractivity contribution in [3.63, 3.8) is 0 Å². The van der Waals surface area contributed by atoms with Crippen LogP contribution in [0.15, 0.2) is 12.1 Å². The summed E-state index contributed by atoms with van der Waals surface area (Å²) < 4.78 is 45.8. The molecule has 4 rings (SSSR count). The molecule has 1 fully saturated rings. The molecule has 112 valence electrons. The molecule has 2 aliphatic rings. The van der Waals surface area contributed by atoms with E-state index in [9.17, 15) is 13.2 Å². The molecule has 0 saturated heterocycles. The van der Waals surface area contributed by atoms with Crippen LogP contribution in [0, 0.1) is 12.8 Å². The van der Waals surface area contributed by atoms with Crippen molar-refractivity contribution in [1.82, 2.24) is 4.98 Å². The third-order valence-corrected chi connectivity index (χ3v) is 4.59. The summed E-state index contributed by atoms with van der Waals surface area (Å²) in [6.07, 6.45) is -1.63. The molecule has 1 aromatic carbocycles. The van der Waals surface area contributed by atoms with Gasteiger partial charge in [0.05, 0.1) is 12.2 Å². The van der Waals surface area contributed by atoms with Crippen molar-refractivity contribution in [3.8, 4) is 0 Å². The molecule has 1 N–H and O–H groups in total. The fraction of sp³-hybridized carbons (Fsp3) is 0.500. The van der Waals surface area contributed by atoms with Crippen LogP contribution in [0.1, 0.15) is 41.3 Å². The van der Waals surface area contributed by atoms with E-state index in [1.54, 1.807) is 6.07 Å². The van der Waals surface area contributed by atoms with Gasteiger partial charge in [0.1, 0.15) is 6.10 Å². The Morgan fingerprint density at radius 1 is 1.24 bits per heavy atom. The highest BCUT2D eigenvalue weighted by atomic mass is 19.4. The number of aromatic amines is 1. The molecule has 2 nitrogen and oxygen atoms in total. The topological polar surface area (TPSA) is 25.0 Å². The highest BCUT2D eigenvalue weighted by Gasteiger charge is 2.40. The van der Waals surface area contributed by atoms with Crippen LogP contribution < -0.4 is 0 Å². The lowest BCUT2D eigenvalue weighted by atomic mass is 9.96. The van der Waals surface area contributed by atoms with E-state index in [1.165, 1.54) is 6.07 Å². The first-order valence-corrected chi connectivity index (χ1v) is 7.29. The van der Waals surface area contributed by atoms with Gasteiger partial charge < -0.3 is 9.72 Å². The van der Waals surface area contributed by atoms with Crippen LogP contribution >= 0.6 is 0 Å². The summed E-state index contributed by atoms with van der Waals surface area (Å²) in [4.78, 5) is 3.24. The van der Waals surface area contributed by atoms with Crippen molar-refractivity contribution in [2.24, 2.45) is 5.92 Å². The van der Waals surface area contributed by atoms with Crippen molar-refractivity contribution in [2.45, 2.75) is 38.5 Å². The molecule has 1 saturated carbocycles. The molecule has 0 amide bonds. The fourth-order valence-electron chi connectivity index (χ4n) is 3.41. The second-order valence-electron chi connectivity index (χ2n) is 6.07. The fourth-order valence-corrected chi connectivity index (χ4v) is 3.41. The smallest absolute Gasteiger partial charge is 0.371 e. The average Bonchev–Trinajstić information content (AvgIpc) is 3.18. The predicted octanol–water partition coefficient (Wildman–Crippen LogP) is 4.52. The van der Waals surface area contributed by atoms with Gasteiger partial charge in [-0.2, -0.15) is 13.2 Å². The zero-order chi connectivity index (χ0) is 14.8. The summed E-state index contributed by atoms with van der Waals surface area (Å²) in [5, 5.41) is 0.353. The Morgan fingerprint density at radius 3 is 2.67 bits per heavy atom. The number of aromatic nitrogens is 1. The molecule has 0 spiro atoms. The number of aryl methyl sites for hydroxylation is 1. The quantitative estimate of drug-likeness (QED) is 0.822. The maximum atomic E-state index is 13.3. The van der Waals surface area contributed by atoms with Gasteiger partial charge in [-0.1, -0.05) is 6.07 Å². The minimum absolute atomic E-state index is 0.0540. The van der Waals surface area contributed by atoms with E-state index in [0.717, 1.165) is 29.7 Å². The minimum Gasteiger partial charge on any atom is -0.371 e. The van der Waals surface area contributed by atoms with Crippen LogP contribution in [0.5, 0.6) is 0 Å². The Kier molecular flexibility index (Phi) is 2.67. The Bertz CT molecular complexity index is 712. The van der Waals surface area contributed by atoms with E-state index in [1.807, 2.05) is 6.92 Å². The van der Waals surface area contributed by atoms with Gasteiger partial charge in [-0.25, -0.2) is 0 Å². The first-order valence-electron chi connectivity index (χ1n) is 7.29. The van der Waals surface area contributed by atoms with E-state index in [4.69, 9.17) is 4.74 Å². The normalized spacial score (nSPS) is 22.6. The van der Waals surface area contributed by atoms with Gasteiger partial charge in [-0.15, -0.1) is 0 Å². The van der Waals surface area contributed by atoms with Gasteiger partial charge in [-0.3, -0.25) is 0 Å². The van der Waals surface area contributed by atoms with Gasteiger partial charge in [-0.05, 0) is 49.3 Å². The number of benzene rings is 1. The summed E-state index contributed by atoms with van der Waals surface area (Å²) >= 11 is 0. The van der Waals surface area contributed by atoms with Gasteiger partial charge in [0.2, 0.25) is 0 Å². The third-order valence-electron chi connectivity index (χ3n) is 4.59. The molecular weight excluding hydrogens is 279 g/mol. The van der Waals surface area contributed by atoms with E-state index in [2.05, 4.69) is 4.98 Å². The van der Waals surface area contributed by atoms with Gasteiger partial charge in [0, 0.05) is 16.6 Å². The molecule has 0 radical (unpaired) electrons. The molecule has 1 aliphatic heterocycles. The first kappa shape index (κ1) is 13.2. The largest absolute Gasteiger partial charge is 0.417 e. The van der Waals surface area contributed by atoms with Crippen molar-refractivity contribution in [1.29, 1.82) is 0 Å². The van der Waals surface area contributed by atoms with Crippen molar-refractivity contribution in [3.05, 3.63) is 34.5 Å². The lowest BCUT2D eigenvalue weighted by Gasteiger charge is -2.23. The molecule has 1 unspecified atom stereocenters. The number of hydrogen-bond acceptors (Lipinski definition) is 1. The molecule has 2 heterocycles. The van der Waals surface area contributed by atoms with Crippen LogP contribution in [-0.2, 0) is 17.3 Å². The molecule has 21 heavy (non-hydrogen) atoms. The Morgan fingerprint density at radius 2 is 2.00 bits per heavy atom. The van der Waals surface area contributed by atoms with Crippen LogP contribution in [0.25, 0.3) is 10.9 Å². The first-order chi connectivity index (χ1) is 9.97. The maximum absolute atomic E-state index is 13.3.